The third kappa shape index (κ3) is 16.8. The molecule has 0 spiro atoms. The van der Waals surface area contributed by atoms with Crippen LogP contribution >= 0.6 is 0 Å². The van der Waals surface area contributed by atoms with Gasteiger partial charge >= 0.3 is 5.97 Å². The van der Waals surface area contributed by atoms with Crippen LogP contribution in [0.1, 0.15) is 59.8 Å². The van der Waals surface area contributed by atoms with Gasteiger partial charge in [-0.2, -0.15) is 0 Å². The fourth-order valence-electron chi connectivity index (χ4n) is 4.64. The summed E-state index contributed by atoms with van der Waals surface area (Å²) >= 11 is 0. The predicted octanol–water partition coefficient (Wildman–Crippen LogP) is -2.43. The third-order valence-electron chi connectivity index (χ3n) is 7.71. The molecule has 4 atom stereocenters. The van der Waals surface area contributed by atoms with Gasteiger partial charge in [0.15, 0.2) is 0 Å². The van der Waals surface area contributed by atoms with Crippen molar-refractivity contribution in [2.45, 2.75) is 77.9 Å². The van der Waals surface area contributed by atoms with E-state index < -0.39 is 60.2 Å². The molecule has 9 N–H and O–H groups in total. The highest BCUT2D eigenvalue weighted by atomic mass is 16.4. The first-order valence-corrected chi connectivity index (χ1v) is 16.6. The van der Waals surface area contributed by atoms with E-state index >= 15 is 0 Å². The zero-order valence-corrected chi connectivity index (χ0v) is 29.4. The summed E-state index contributed by atoms with van der Waals surface area (Å²) in [5.41, 5.74) is 0.660. The first-order valence-electron chi connectivity index (χ1n) is 16.6. The van der Waals surface area contributed by atoms with Gasteiger partial charge in [0.25, 0.3) is 0 Å². The van der Waals surface area contributed by atoms with Crippen molar-refractivity contribution in [3.63, 3.8) is 0 Å². The second-order valence-electron chi connectivity index (χ2n) is 12.0. The van der Waals surface area contributed by atoms with Crippen LogP contribution in [-0.4, -0.2) is 121 Å². The Labute approximate surface area is 292 Å². The van der Waals surface area contributed by atoms with E-state index in [9.17, 15) is 38.4 Å². The molecule has 1 saturated heterocycles. The summed E-state index contributed by atoms with van der Waals surface area (Å²) in [4.78, 5) is 98.1. The van der Waals surface area contributed by atoms with Gasteiger partial charge in [-0.3, -0.25) is 38.4 Å². The van der Waals surface area contributed by atoms with Gasteiger partial charge in [-0.05, 0) is 33.1 Å². The Balaban J connectivity index is 2.29. The molecule has 0 aliphatic carbocycles. The molecule has 0 radical (unpaired) electrons. The summed E-state index contributed by atoms with van der Waals surface area (Å²) in [6.45, 7) is 13.3. The third-order valence-corrected chi connectivity index (χ3v) is 7.71. The molecule has 0 bridgehead atoms. The van der Waals surface area contributed by atoms with Gasteiger partial charge in [0.1, 0.15) is 18.6 Å². The topological polar surface area (TPSA) is 256 Å². The summed E-state index contributed by atoms with van der Waals surface area (Å²) in [5, 5.41) is 29.3. The minimum absolute atomic E-state index is 0.0393. The summed E-state index contributed by atoms with van der Waals surface area (Å²) in [7, 11) is 0. The number of rotatable bonds is 23. The van der Waals surface area contributed by atoms with Crippen LogP contribution in [0.3, 0.4) is 0 Å². The van der Waals surface area contributed by atoms with Crippen molar-refractivity contribution >= 4 is 47.3 Å². The van der Waals surface area contributed by atoms with Crippen molar-refractivity contribution in [1.82, 2.24) is 47.4 Å². The molecule has 4 unspecified atom stereocenters. The van der Waals surface area contributed by atoms with Crippen LogP contribution in [0.15, 0.2) is 24.6 Å². The molecule has 0 aromatic rings. The molecule has 0 aromatic carbocycles. The second-order valence-corrected chi connectivity index (χ2v) is 12.0. The molecule has 50 heavy (non-hydrogen) atoms. The van der Waals surface area contributed by atoms with E-state index in [1.54, 1.807) is 13.8 Å². The number of nitrogens with one attached hydrogen (secondary N) is 8. The van der Waals surface area contributed by atoms with E-state index in [0.717, 1.165) is 19.3 Å². The maximum atomic E-state index is 12.7. The number of hydrogen-bond donors (Lipinski definition) is 9. The Bertz CT molecular complexity index is 1270. The number of hydrogen-bond acceptors (Lipinski definition) is 10. The Morgan fingerprint density at radius 2 is 1.32 bits per heavy atom. The van der Waals surface area contributed by atoms with Gasteiger partial charge in [-0.1, -0.05) is 39.8 Å². The number of carboxylic acid groups (broad SMARTS) is 1. The van der Waals surface area contributed by atoms with E-state index in [1.807, 2.05) is 6.92 Å². The second kappa shape index (κ2) is 22.5. The van der Waals surface area contributed by atoms with Gasteiger partial charge in [0.2, 0.25) is 41.4 Å². The molecule has 280 valence electrons. The predicted molar refractivity (Wildman–Crippen MR) is 183 cm³/mol. The van der Waals surface area contributed by atoms with E-state index in [0.29, 0.717) is 30.8 Å². The smallest absolute Gasteiger partial charge is 0.322 e. The van der Waals surface area contributed by atoms with E-state index in [4.69, 9.17) is 5.11 Å². The van der Waals surface area contributed by atoms with Crippen LogP contribution in [0, 0.1) is 5.92 Å². The lowest BCUT2D eigenvalue weighted by Crippen LogP contribution is -2.50. The number of likely N-dealkylation sites (tertiary alicyclic amines) is 1. The normalized spacial score (nSPS) is 15.3. The highest BCUT2D eigenvalue weighted by molar-refractivity contribution is 5.92. The lowest BCUT2D eigenvalue weighted by Gasteiger charge is -2.25. The molecule has 7 amide bonds. The molecule has 18 nitrogen and oxygen atoms in total. The molecule has 1 aliphatic rings. The highest BCUT2D eigenvalue weighted by Gasteiger charge is 2.34. The van der Waals surface area contributed by atoms with Crippen molar-refractivity contribution < 1.29 is 43.5 Å². The fraction of sp³-hybridized carbons (Fsp3) is 0.625. The summed E-state index contributed by atoms with van der Waals surface area (Å²) in [6, 6.07) is -2.28. The van der Waals surface area contributed by atoms with Crippen molar-refractivity contribution in [1.29, 1.82) is 0 Å². The molecule has 1 fully saturated rings. The van der Waals surface area contributed by atoms with Crippen LogP contribution in [0.5, 0.6) is 0 Å². The van der Waals surface area contributed by atoms with E-state index in [1.165, 1.54) is 11.8 Å². The van der Waals surface area contributed by atoms with Crippen molar-refractivity contribution in [3.8, 4) is 0 Å². The van der Waals surface area contributed by atoms with Crippen LogP contribution in [-0.2, 0) is 38.4 Å². The average molecular weight is 708 g/mol. The number of unbranched alkanes of at least 4 members (excludes halogenated alkanes) is 1. The zero-order chi connectivity index (χ0) is 37.8. The molecule has 0 aromatic heterocycles. The molecule has 0 saturated carbocycles. The zero-order valence-electron chi connectivity index (χ0n) is 29.4. The number of carbonyl (C=O) groups excluding carboxylic acids is 7. The average Bonchev–Trinajstić information content (AvgIpc) is 3.58. The quantitative estimate of drug-likeness (QED) is 0.0540. The van der Waals surface area contributed by atoms with Crippen molar-refractivity contribution in [2.24, 2.45) is 5.92 Å². The Kier molecular flexibility index (Phi) is 19.3. The van der Waals surface area contributed by atoms with Crippen LogP contribution in [0.25, 0.3) is 0 Å². The molecule has 1 heterocycles. The Morgan fingerprint density at radius 3 is 1.96 bits per heavy atom. The number of aliphatic carboxylic acids is 1. The van der Waals surface area contributed by atoms with Crippen molar-refractivity contribution in [2.75, 3.05) is 45.8 Å². The fourth-order valence-corrected chi connectivity index (χ4v) is 4.64. The van der Waals surface area contributed by atoms with Gasteiger partial charge in [0.05, 0.1) is 38.8 Å². The van der Waals surface area contributed by atoms with Gasteiger partial charge in [-0.15, -0.1) is 0 Å². The van der Waals surface area contributed by atoms with Crippen LogP contribution in [0.2, 0.25) is 0 Å². The largest absolute Gasteiger partial charge is 0.480 e. The minimum atomic E-state index is -1.18. The molecule has 1 rings (SSSR count). The minimum Gasteiger partial charge on any atom is -0.480 e. The molecule has 1 aliphatic heterocycles. The summed E-state index contributed by atoms with van der Waals surface area (Å²) in [5.74, 6) is -4.65. The van der Waals surface area contributed by atoms with E-state index in [2.05, 4.69) is 55.7 Å². The monoisotopic (exact) mass is 707 g/mol. The summed E-state index contributed by atoms with van der Waals surface area (Å²) < 4.78 is 0. The Morgan fingerprint density at radius 1 is 0.720 bits per heavy atom. The Hall–Kier alpha value is -5.16. The standard InChI is InChI=1S/C32H53N9O9/c1-7-8-10-19(2)30(48)36-16-27(44)40-23(6)31(49)37-14-25(42)35-13-20(3)33-15-26(43)39-22(5)21(4)34-17-28(45)41-12-9-11-24(41)32(50)38-18-29(46)47/h19,22-24,33-34H,3-4,7-18H2,1-2,5-6H3,(H,35,42)(H,36,48)(H,37,49)(H,38,50)(H,39,43)(H,40,44)(H,46,47). The molecular formula is C32H53N9O9. The molecule has 18 heteroatoms. The molecular weight excluding hydrogens is 654 g/mol. The van der Waals surface area contributed by atoms with Gasteiger partial charge < -0.3 is 52.5 Å². The van der Waals surface area contributed by atoms with Crippen LogP contribution in [0.4, 0.5) is 0 Å². The number of amides is 7. The first kappa shape index (κ1) is 42.9. The van der Waals surface area contributed by atoms with Crippen LogP contribution < -0.4 is 42.5 Å². The maximum Gasteiger partial charge on any atom is 0.322 e. The summed E-state index contributed by atoms with van der Waals surface area (Å²) in [6.07, 6.45) is 3.61. The number of nitrogens with zero attached hydrogens (tertiary/aromatic N) is 1. The lowest BCUT2D eigenvalue weighted by molar-refractivity contribution is -0.140. The lowest BCUT2D eigenvalue weighted by atomic mass is 10.0. The highest BCUT2D eigenvalue weighted by Crippen LogP contribution is 2.17. The van der Waals surface area contributed by atoms with Gasteiger partial charge in [0, 0.05) is 23.9 Å². The number of carbonyl (C=O) groups is 8. The maximum absolute atomic E-state index is 12.7. The SMILES string of the molecule is C=C(CNC(=O)CNC(=O)C(C)NC(=O)CNC(=O)C(C)CCCC)NCC(=O)NC(C)C(=C)NCC(=O)N1CCCC1C(=O)NCC(=O)O. The van der Waals surface area contributed by atoms with E-state index in [-0.39, 0.29) is 50.5 Å². The van der Waals surface area contributed by atoms with Crippen molar-refractivity contribution in [3.05, 3.63) is 24.6 Å². The first-order chi connectivity index (χ1) is 23.5. The number of carboxylic acids is 1. The van der Waals surface area contributed by atoms with Gasteiger partial charge in [-0.25, -0.2) is 0 Å².